The number of benzene rings is 1. The molecule has 0 radical (unpaired) electrons. The Hall–Kier alpha value is -2.56. The number of hydrogen-bond acceptors (Lipinski definition) is 5. The topological polar surface area (TPSA) is 57.4 Å². The Balaban J connectivity index is 2.15. The fourth-order valence-corrected chi connectivity index (χ4v) is 1.87. The van der Waals surface area contributed by atoms with Gasteiger partial charge < -0.3 is 13.9 Å². The molecule has 5 heteroatoms. The van der Waals surface area contributed by atoms with E-state index < -0.39 is 0 Å². The number of oxazole rings is 1. The van der Waals surface area contributed by atoms with Crippen LogP contribution in [0, 0.1) is 0 Å². The van der Waals surface area contributed by atoms with Crippen LogP contribution in [0.5, 0.6) is 11.5 Å². The van der Waals surface area contributed by atoms with Gasteiger partial charge in [0.05, 0.1) is 26.0 Å². The molecular formula is C14H12N2O3. The van der Waals surface area contributed by atoms with Crippen LogP contribution in [0.2, 0.25) is 0 Å². The molecule has 0 aliphatic carbocycles. The molecule has 0 N–H and O–H groups in total. The summed E-state index contributed by atoms with van der Waals surface area (Å²) in [6.07, 6.45) is 3.33. The Bertz CT molecular complexity index is 689. The molecule has 2 heterocycles. The van der Waals surface area contributed by atoms with Gasteiger partial charge in [-0.2, -0.15) is 0 Å². The van der Waals surface area contributed by atoms with E-state index >= 15 is 0 Å². The van der Waals surface area contributed by atoms with Gasteiger partial charge in [-0.25, -0.2) is 4.98 Å². The summed E-state index contributed by atoms with van der Waals surface area (Å²) in [5.74, 6) is 1.87. The van der Waals surface area contributed by atoms with Gasteiger partial charge in [0.1, 0.15) is 17.0 Å². The molecule has 0 fully saturated rings. The van der Waals surface area contributed by atoms with Crippen LogP contribution < -0.4 is 9.47 Å². The lowest BCUT2D eigenvalue weighted by molar-refractivity contribution is 0.394. The third-order valence-corrected chi connectivity index (χ3v) is 2.83. The highest BCUT2D eigenvalue weighted by Crippen LogP contribution is 2.34. The number of aromatic nitrogens is 2. The highest BCUT2D eigenvalue weighted by atomic mass is 16.5. The van der Waals surface area contributed by atoms with Crippen LogP contribution in [0.3, 0.4) is 0 Å². The molecule has 3 rings (SSSR count). The number of ether oxygens (including phenoxy) is 2. The summed E-state index contributed by atoms with van der Waals surface area (Å²) < 4.78 is 16.2. The first kappa shape index (κ1) is 11.5. The third kappa shape index (κ3) is 1.99. The third-order valence-electron chi connectivity index (χ3n) is 2.83. The number of nitrogens with zero attached hydrogens (tertiary/aromatic N) is 2. The van der Waals surface area contributed by atoms with Crippen LogP contribution in [0.15, 0.2) is 41.1 Å². The van der Waals surface area contributed by atoms with Crippen molar-refractivity contribution in [3.63, 3.8) is 0 Å². The molecule has 0 aliphatic heterocycles. The van der Waals surface area contributed by atoms with Gasteiger partial charge >= 0.3 is 0 Å². The highest BCUT2D eigenvalue weighted by Gasteiger charge is 2.13. The van der Waals surface area contributed by atoms with Gasteiger partial charge in [-0.3, -0.25) is 4.98 Å². The van der Waals surface area contributed by atoms with Crippen molar-refractivity contribution < 1.29 is 13.9 Å². The zero-order valence-corrected chi connectivity index (χ0v) is 10.6. The van der Waals surface area contributed by atoms with Crippen molar-refractivity contribution in [3.05, 3.63) is 36.7 Å². The lowest BCUT2D eigenvalue weighted by atomic mass is 10.2. The van der Waals surface area contributed by atoms with Crippen molar-refractivity contribution in [2.75, 3.05) is 14.2 Å². The van der Waals surface area contributed by atoms with E-state index in [1.807, 2.05) is 12.1 Å². The lowest BCUT2D eigenvalue weighted by Crippen LogP contribution is -1.90. The molecule has 1 aromatic carbocycles. The van der Waals surface area contributed by atoms with Crippen molar-refractivity contribution in [1.82, 2.24) is 9.97 Å². The normalized spacial score (nSPS) is 10.6. The lowest BCUT2D eigenvalue weighted by Gasteiger charge is -2.07. The minimum atomic E-state index is 0.502. The first-order valence-electron chi connectivity index (χ1n) is 5.75. The Morgan fingerprint density at radius 1 is 1.11 bits per heavy atom. The quantitative estimate of drug-likeness (QED) is 0.721. The second kappa shape index (κ2) is 4.61. The average Bonchev–Trinajstić information content (AvgIpc) is 2.90. The standard InChI is InChI=1S/C14H12N2O3/c1-17-9-3-4-10(13(7-9)18-2)14-16-11-8-15-6-5-12(11)19-14/h3-8H,1-2H3. The fraction of sp³-hybridized carbons (Fsp3) is 0.143. The van der Waals surface area contributed by atoms with Crippen LogP contribution in [-0.2, 0) is 0 Å². The first-order chi connectivity index (χ1) is 9.31. The van der Waals surface area contributed by atoms with Gasteiger partial charge in [0.2, 0.25) is 5.89 Å². The molecule has 0 saturated heterocycles. The Labute approximate surface area is 109 Å². The molecular weight excluding hydrogens is 244 g/mol. The molecule has 0 amide bonds. The predicted octanol–water partition coefficient (Wildman–Crippen LogP) is 2.91. The number of pyridine rings is 1. The summed E-state index contributed by atoms with van der Waals surface area (Å²) >= 11 is 0. The van der Waals surface area contributed by atoms with Crippen LogP contribution >= 0.6 is 0 Å². The molecule has 0 bridgehead atoms. The van der Waals surface area contributed by atoms with Gasteiger partial charge in [-0.05, 0) is 12.1 Å². The Morgan fingerprint density at radius 3 is 2.74 bits per heavy atom. The Morgan fingerprint density at radius 2 is 2.00 bits per heavy atom. The van der Waals surface area contributed by atoms with Crippen LogP contribution in [0.25, 0.3) is 22.6 Å². The first-order valence-corrected chi connectivity index (χ1v) is 5.75. The van der Waals surface area contributed by atoms with Crippen LogP contribution in [-0.4, -0.2) is 24.2 Å². The van der Waals surface area contributed by atoms with E-state index in [-0.39, 0.29) is 0 Å². The van der Waals surface area contributed by atoms with E-state index in [2.05, 4.69) is 9.97 Å². The number of hydrogen-bond donors (Lipinski definition) is 0. The predicted molar refractivity (Wildman–Crippen MR) is 70.3 cm³/mol. The van der Waals surface area contributed by atoms with Crippen LogP contribution in [0.4, 0.5) is 0 Å². The zero-order valence-electron chi connectivity index (χ0n) is 10.6. The molecule has 0 spiro atoms. The molecule has 0 saturated carbocycles. The summed E-state index contributed by atoms with van der Waals surface area (Å²) in [6.45, 7) is 0. The Kier molecular flexibility index (Phi) is 2.79. The maximum Gasteiger partial charge on any atom is 0.231 e. The van der Waals surface area contributed by atoms with Gasteiger partial charge in [0.25, 0.3) is 0 Å². The maximum absolute atomic E-state index is 5.70. The van der Waals surface area contributed by atoms with Gasteiger partial charge in [0.15, 0.2) is 5.58 Å². The van der Waals surface area contributed by atoms with E-state index in [0.717, 1.165) is 16.8 Å². The van der Waals surface area contributed by atoms with E-state index in [4.69, 9.17) is 13.9 Å². The van der Waals surface area contributed by atoms with E-state index in [9.17, 15) is 0 Å². The second-order valence-corrected chi connectivity index (χ2v) is 3.93. The second-order valence-electron chi connectivity index (χ2n) is 3.93. The average molecular weight is 256 g/mol. The SMILES string of the molecule is COc1ccc(-c2nc3cnccc3o2)c(OC)c1. The fourth-order valence-electron chi connectivity index (χ4n) is 1.87. The number of methoxy groups -OCH3 is 2. The number of rotatable bonds is 3. The van der Waals surface area contributed by atoms with E-state index in [0.29, 0.717) is 17.2 Å². The van der Waals surface area contributed by atoms with Crippen molar-refractivity contribution in [2.24, 2.45) is 0 Å². The molecule has 96 valence electrons. The summed E-state index contributed by atoms with van der Waals surface area (Å²) in [4.78, 5) is 8.41. The van der Waals surface area contributed by atoms with Crippen LogP contribution in [0.1, 0.15) is 0 Å². The molecule has 3 aromatic rings. The molecule has 0 aliphatic rings. The van der Waals surface area contributed by atoms with E-state index in [1.165, 1.54) is 0 Å². The molecule has 2 aromatic heterocycles. The van der Waals surface area contributed by atoms with Gasteiger partial charge in [-0.15, -0.1) is 0 Å². The summed E-state index contributed by atoms with van der Waals surface area (Å²) in [5.41, 5.74) is 2.19. The van der Waals surface area contributed by atoms with Gasteiger partial charge in [0, 0.05) is 18.3 Å². The minimum absolute atomic E-state index is 0.502. The van der Waals surface area contributed by atoms with Crippen molar-refractivity contribution in [3.8, 4) is 23.0 Å². The van der Waals surface area contributed by atoms with Gasteiger partial charge in [-0.1, -0.05) is 0 Å². The summed E-state index contributed by atoms with van der Waals surface area (Å²) in [7, 11) is 3.21. The molecule has 0 unspecified atom stereocenters. The zero-order chi connectivity index (χ0) is 13.2. The minimum Gasteiger partial charge on any atom is -0.497 e. The van der Waals surface area contributed by atoms with Crippen molar-refractivity contribution >= 4 is 11.1 Å². The monoisotopic (exact) mass is 256 g/mol. The largest absolute Gasteiger partial charge is 0.497 e. The molecule has 19 heavy (non-hydrogen) atoms. The maximum atomic E-state index is 5.70. The summed E-state index contributed by atoms with van der Waals surface area (Å²) in [5, 5.41) is 0. The molecule has 0 atom stereocenters. The highest BCUT2D eigenvalue weighted by molar-refractivity contribution is 5.76. The van der Waals surface area contributed by atoms with Crippen molar-refractivity contribution in [1.29, 1.82) is 0 Å². The van der Waals surface area contributed by atoms with Crippen molar-refractivity contribution in [2.45, 2.75) is 0 Å². The number of fused-ring (bicyclic) bond motifs is 1. The molecule has 5 nitrogen and oxygen atoms in total. The summed E-state index contributed by atoms with van der Waals surface area (Å²) in [6, 6.07) is 7.27. The van der Waals surface area contributed by atoms with E-state index in [1.54, 1.807) is 38.7 Å². The smallest absolute Gasteiger partial charge is 0.231 e.